The summed E-state index contributed by atoms with van der Waals surface area (Å²) in [6.45, 7) is 0. The number of thioether (sulfide) groups is 1. The average Bonchev–Trinajstić information content (AvgIpc) is 2.84. The van der Waals surface area contributed by atoms with Crippen LogP contribution in [0.15, 0.2) is 22.7 Å². The molecule has 0 aromatic heterocycles. The van der Waals surface area contributed by atoms with Gasteiger partial charge in [0, 0.05) is 15.8 Å². The molecule has 0 aliphatic carbocycles. The number of rotatable bonds is 4. The molecule has 0 bridgehead atoms. The molecule has 0 spiro atoms. The third kappa shape index (κ3) is 3.46. The van der Waals surface area contributed by atoms with Crippen LogP contribution >= 0.6 is 27.7 Å². The number of hydrogen-bond acceptors (Lipinski definition) is 2. The molecule has 2 unspecified atom stereocenters. The van der Waals surface area contributed by atoms with Crippen molar-refractivity contribution in [2.24, 2.45) is 0 Å². The Morgan fingerprint density at radius 1 is 1.59 bits per heavy atom. The van der Waals surface area contributed by atoms with Crippen molar-refractivity contribution in [1.82, 2.24) is 5.32 Å². The van der Waals surface area contributed by atoms with E-state index in [1.54, 1.807) is 6.07 Å². The quantitative estimate of drug-likeness (QED) is 0.910. The standard InChI is InChI=1S/C13H17BrFNS/c1-16-12(13-3-2-6-17-13)8-9-7-10(14)4-5-11(9)15/h4-5,7,12-13,16H,2-3,6,8H2,1H3. The van der Waals surface area contributed by atoms with Crippen LogP contribution in [0.5, 0.6) is 0 Å². The Labute approximate surface area is 115 Å². The van der Waals surface area contributed by atoms with Crippen LogP contribution in [0.3, 0.4) is 0 Å². The summed E-state index contributed by atoms with van der Waals surface area (Å²) in [5.74, 6) is 1.14. The van der Waals surface area contributed by atoms with Gasteiger partial charge in [-0.1, -0.05) is 15.9 Å². The van der Waals surface area contributed by atoms with Gasteiger partial charge in [-0.2, -0.15) is 11.8 Å². The van der Waals surface area contributed by atoms with Crippen LogP contribution in [0.2, 0.25) is 0 Å². The van der Waals surface area contributed by atoms with Gasteiger partial charge in [0.15, 0.2) is 0 Å². The summed E-state index contributed by atoms with van der Waals surface area (Å²) in [5, 5.41) is 3.96. The minimum absolute atomic E-state index is 0.101. The molecule has 1 aromatic carbocycles. The first-order valence-electron chi connectivity index (χ1n) is 5.93. The van der Waals surface area contributed by atoms with Gasteiger partial charge in [-0.15, -0.1) is 0 Å². The lowest BCUT2D eigenvalue weighted by atomic mass is 10.0. The Kier molecular flexibility index (Phi) is 4.88. The maximum Gasteiger partial charge on any atom is 0.126 e. The minimum Gasteiger partial charge on any atom is -0.316 e. The molecule has 4 heteroatoms. The van der Waals surface area contributed by atoms with Gasteiger partial charge >= 0.3 is 0 Å². The summed E-state index contributed by atoms with van der Waals surface area (Å²) in [4.78, 5) is 0. The van der Waals surface area contributed by atoms with Gasteiger partial charge in [0.05, 0.1) is 0 Å². The van der Waals surface area contributed by atoms with E-state index in [-0.39, 0.29) is 5.82 Å². The molecule has 2 rings (SSSR count). The molecule has 1 aliphatic rings. The lowest BCUT2D eigenvalue weighted by Gasteiger charge is -2.22. The van der Waals surface area contributed by atoms with Crippen molar-refractivity contribution in [1.29, 1.82) is 0 Å². The maximum absolute atomic E-state index is 13.7. The number of benzene rings is 1. The van der Waals surface area contributed by atoms with Gasteiger partial charge < -0.3 is 5.32 Å². The van der Waals surface area contributed by atoms with E-state index in [0.717, 1.165) is 16.5 Å². The fourth-order valence-electron chi connectivity index (χ4n) is 2.28. The average molecular weight is 318 g/mol. The third-order valence-corrected chi connectivity index (χ3v) is 5.24. The zero-order valence-electron chi connectivity index (χ0n) is 9.88. The van der Waals surface area contributed by atoms with Gasteiger partial charge in [-0.05, 0) is 55.8 Å². The summed E-state index contributed by atoms with van der Waals surface area (Å²) in [6, 6.07) is 5.54. The van der Waals surface area contributed by atoms with Crippen molar-refractivity contribution in [3.8, 4) is 0 Å². The first kappa shape index (κ1) is 13.4. The number of halogens is 2. The molecule has 2 atom stereocenters. The van der Waals surface area contributed by atoms with Crippen LogP contribution in [-0.4, -0.2) is 24.1 Å². The van der Waals surface area contributed by atoms with Crippen molar-refractivity contribution in [3.63, 3.8) is 0 Å². The number of likely N-dealkylation sites (N-methyl/N-ethyl adjacent to an activating group) is 1. The molecular formula is C13H17BrFNS. The highest BCUT2D eigenvalue weighted by Gasteiger charge is 2.25. The first-order chi connectivity index (χ1) is 8.20. The summed E-state index contributed by atoms with van der Waals surface area (Å²) >= 11 is 5.41. The summed E-state index contributed by atoms with van der Waals surface area (Å²) < 4.78 is 14.6. The van der Waals surface area contributed by atoms with E-state index in [1.807, 2.05) is 24.9 Å². The Balaban J connectivity index is 2.09. The van der Waals surface area contributed by atoms with E-state index in [4.69, 9.17) is 0 Å². The fourth-order valence-corrected chi connectivity index (χ4v) is 4.12. The normalized spacial score (nSPS) is 21.7. The monoisotopic (exact) mass is 317 g/mol. The highest BCUT2D eigenvalue weighted by Crippen LogP contribution is 2.30. The summed E-state index contributed by atoms with van der Waals surface area (Å²) in [5.41, 5.74) is 0.797. The van der Waals surface area contributed by atoms with Crippen LogP contribution in [0.25, 0.3) is 0 Å². The van der Waals surface area contributed by atoms with E-state index in [0.29, 0.717) is 11.3 Å². The zero-order valence-corrected chi connectivity index (χ0v) is 12.3. The first-order valence-corrected chi connectivity index (χ1v) is 7.77. The van der Waals surface area contributed by atoms with Crippen LogP contribution in [-0.2, 0) is 6.42 Å². The van der Waals surface area contributed by atoms with Crippen LogP contribution in [0.4, 0.5) is 4.39 Å². The van der Waals surface area contributed by atoms with Crippen LogP contribution in [0.1, 0.15) is 18.4 Å². The van der Waals surface area contributed by atoms with Gasteiger partial charge in [0.1, 0.15) is 5.82 Å². The predicted molar refractivity (Wildman–Crippen MR) is 76.1 cm³/mol. The summed E-state index contributed by atoms with van der Waals surface area (Å²) in [6.07, 6.45) is 3.29. The van der Waals surface area contributed by atoms with E-state index in [9.17, 15) is 4.39 Å². The van der Waals surface area contributed by atoms with Gasteiger partial charge in [0.25, 0.3) is 0 Å². The topological polar surface area (TPSA) is 12.0 Å². The van der Waals surface area contributed by atoms with E-state index in [1.165, 1.54) is 24.7 Å². The van der Waals surface area contributed by atoms with Crippen molar-refractivity contribution in [3.05, 3.63) is 34.1 Å². The molecule has 1 aromatic rings. The van der Waals surface area contributed by atoms with E-state index in [2.05, 4.69) is 21.2 Å². The smallest absolute Gasteiger partial charge is 0.126 e. The van der Waals surface area contributed by atoms with Crippen LogP contribution in [0, 0.1) is 5.82 Å². The number of nitrogens with one attached hydrogen (secondary N) is 1. The lowest BCUT2D eigenvalue weighted by Crippen LogP contribution is -2.36. The Morgan fingerprint density at radius 3 is 3.06 bits per heavy atom. The maximum atomic E-state index is 13.7. The zero-order chi connectivity index (χ0) is 12.3. The van der Waals surface area contributed by atoms with Gasteiger partial charge in [-0.25, -0.2) is 4.39 Å². The highest BCUT2D eigenvalue weighted by molar-refractivity contribution is 9.10. The molecule has 1 fully saturated rings. The second-order valence-electron chi connectivity index (χ2n) is 4.39. The Morgan fingerprint density at radius 2 is 2.41 bits per heavy atom. The second kappa shape index (κ2) is 6.21. The molecule has 1 aliphatic heterocycles. The van der Waals surface area contributed by atoms with Crippen molar-refractivity contribution in [2.45, 2.75) is 30.6 Å². The molecule has 0 saturated carbocycles. The molecule has 94 valence electrons. The second-order valence-corrected chi connectivity index (χ2v) is 6.65. The molecule has 0 amide bonds. The van der Waals surface area contributed by atoms with Crippen molar-refractivity contribution < 1.29 is 4.39 Å². The molecule has 0 radical (unpaired) electrons. The molecule has 1 N–H and O–H groups in total. The Bertz CT molecular complexity index is 380. The summed E-state index contributed by atoms with van der Waals surface area (Å²) in [7, 11) is 1.97. The van der Waals surface area contributed by atoms with Crippen LogP contribution < -0.4 is 5.32 Å². The largest absolute Gasteiger partial charge is 0.316 e. The van der Waals surface area contributed by atoms with E-state index >= 15 is 0 Å². The number of hydrogen-bond donors (Lipinski definition) is 1. The minimum atomic E-state index is -0.101. The highest BCUT2D eigenvalue weighted by atomic mass is 79.9. The Hall–Kier alpha value is -0.0600. The molecular weight excluding hydrogens is 301 g/mol. The van der Waals surface area contributed by atoms with Gasteiger partial charge in [-0.3, -0.25) is 0 Å². The SMILES string of the molecule is CNC(Cc1cc(Br)ccc1F)C1CCCS1. The molecule has 1 nitrogen and oxygen atoms in total. The lowest BCUT2D eigenvalue weighted by molar-refractivity contribution is 0.508. The third-order valence-electron chi connectivity index (χ3n) is 3.23. The molecule has 17 heavy (non-hydrogen) atoms. The van der Waals surface area contributed by atoms with Crippen molar-refractivity contribution in [2.75, 3.05) is 12.8 Å². The van der Waals surface area contributed by atoms with E-state index < -0.39 is 0 Å². The molecule has 1 saturated heterocycles. The predicted octanol–water partition coefficient (Wildman–Crippen LogP) is 3.61. The van der Waals surface area contributed by atoms with Gasteiger partial charge in [0.2, 0.25) is 0 Å². The fraction of sp³-hybridized carbons (Fsp3) is 0.538. The van der Waals surface area contributed by atoms with Crippen molar-refractivity contribution >= 4 is 27.7 Å². The molecule has 1 heterocycles.